The van der Waals surface area contributed by atoms with Crippen LogP contribution in [0.5, 0.6) is 5.75 Å². The quantitative estimate of drug-likeness (QED) is 0.701. The maximum absolute atomic E-state index is 12.8. The van der Waals surface area contributed by atoms with E-state index in [4.69, 9.17) is 0 Å². The smallest absolute Gasteiger partial charge is 0.193 e. The first-order chi connectivity index (χ1) is 11.2. The van der Waals surface area contributed by atoms with Crippen LogP contribution in [-0.2, 0) is 4.79 Å². The third-order valence-corrected chi connectivity index (χ3v) is 4.24. The Hall–Kier alpha value is -3.13. The maximum Gasteiger partial charge on any atom is 0.193 e. The number of carbonyl (C=O) groups is 1. The van der Waals surface area contributed by atoms with Gasteiger partial charge in [-0.2, -0.15) is 0 Å². The second kappa shape index (κ2) is 4.96. The predicted octanol–water partition coefficient (Wildman–Crippen LogP) is 2.66. The van der Waals surface area contributed by atoms with E-state index in [9.17, 15) is 9.90 Å². The first kappa shape index (κ1) is 13.5. The first-order valence-electron chi connectivity index (χ1n) is 7.42. The zero-order valence-electron chi connectivity index (χ0n) is 12.4. The van der Waals surface area contributed by atoms with Gasteiger partial charge in [0, 0.05) is 16.7 Å². The summed E-state index contributed by atoms with van der Waals surface area (Å²) in [4.78, 5) is 12.8. The molecule has 1 N–H and O–H groups in total. The fraction of sp³-hybridized carbons (Fsp3) is 0. The number of carbonyl (C=O) groups excluding carboxylic acids is 1. The lowest BCUT2D eigenvalue weighted by atomic mass is 9.87. The van der Waals surface area contributed by atoms with Gasteiger partial charge in [-0.25, -0.2) is 0 Å². The molecule has 0 amide bonds. The van der Waals surface area contributed by atoms with Crippen LogP contribution in [-0.4, -0.2) is 10.9 Å². The van der Waals surface area contributed by atoms with Crippen molar-refractivity contribution in [1.29, 1.82) is 0 Å². The fourth-order valence-corrected chi connectivity index (χ4v) is 3.16. The van der Waals surface area contributed by atoms with Gasteiger partial charge in [-0.1, -0.05) is 61.2 Å². The van der Waals surface area contributed by atoms with Gasteiger partial charge in [0.1, 0.15) is 5.75 Å². The molecule has 0 saturated carbocycles. The van der Waals surface area contributed by atoms with Gasteiger partial charge in [0.05, 0.1) is 0 Å². The zero-order chi connectivity index (χ0) is 16.0. The van der Waals surface area contributed by atoms with Crippen molar-refractivity contribution in [2.24, 2.45) is 0 Å². The number of aromatic hydroxyl groups is 1. The third-order valence-electron chi connectivity index (χ3n) is 4.24. The molecule has 0 aliphatic heterocycles. The van der Waals surface area contributed by atoms with Gasteiger partial charge in [0.25, 0.3) is 0 Å². The van der Waals surface area contributed by atoms with E-state index in [2.05, 4.69) is 6.58 Å². The van der Waals surface area contributed by atoms with Crippen LogP contribution in [0.25, 0.3) is 22.4 Å². The van der Waals surface area contributed by atoms with E-state index in [1.54, 1.807) is 12.1 Å². The lowest BCUT2D eigenvalue weighted by molar-refractivity contribution is -0.110. The van der Waals surface area contributed by atoms with E-state index in [0.717, 1.165) is 21.2 Å². The number of hydrogen-bond donors (Lipinski definition) is 1. The highest BCUT2D eigenvalue weighted by molar-refractivity contribution is 6.34. The predicted molar refractivity (Wildman–Crippen MR) is 92.4 cm³/mol. The van der Waals surface area contributed by atoms with Gasteiger partial charge in [-0.05, 0) is 33.4 Å². The molecule has 3 aromatic rings. The standard InChI is InChI=1S/C21H14O2/c1-13-12-15-7-3-5-9-17(15)20(21(13)23)19-16-8-4-2-6-14(16)10-11-18(19)22/h2-12,22H,1H2. The highest BCUT2D eigenvalue weighted by Crippen LogP contribution is 2.33. The molecule has 0 atom stereocenters. The summed E-state index contributed by atoms with van der Waals surface area (Å²) >= 11 is 0. The molecular weight excluding hydrogens is 284 g/mol. The number of Topliss-reactive ketones (excluding diaryl/α,β-unsaturated/α-hetero) is 1. The Bertz CT molecular complexity index is 1100. The molecule has 0 spiro atoms. The highest BCUT2D eigenvalue weighted by Gasteiger charge is 2.23. The number of benzene rings is 3. The van der Waals surface area contributed by atoms with Crippen LogP contribution >= 0.6 is 0 Å². The van der Waals surface area contributed by atoms with E-state index in [-0.39, 0.29) is 11.5 Å². The summed E-state index contributed by atoms with van der Waals surface area (Å²) in [5, 5.41) is 14.1. The number of phenolic OH excluding ortho intramolecular Hbond substituents is 1. The van der Waals surface area contributed by atoms with Gasteiger partial charge in [-0.3, -0.25) is 4.79 Å². The van der Waals surface area contributed by atoms with Crippen molar-refractivity contribution in [2.75, 3.05) is 0 Å². The van der Waals surface area contributed by atoms with Gasteiger partial charge in [0.2, 0.25) is 0 Å². The molecule has 0 fully saturated rings. The average Bonchev–Trinajstić information content (AvgIpc) is 2.57. The number of fused-ring (bicyclic) bond motifs is 2. The Morgan fingerprint density at radius 1 is 0.870 bits per heavy atom. The first-order valence-corrected chi connectivity index (χ1v) is 7.42. The molecule has 0 radical (unpaired) electrons. The number of rotatable bonds is 1. The van der Waals surface area contributed by atoms with Gasteiger partial charge in [-0.15, -0.1) is 0 Å². The molecule has 0 bridgehead atoms. The fourth-order valence-electron chi connectivity index (χ4n) is 3.16. The van der Waals surface area contributed by atoms with Crippen LogP contribution in [0.1, 0.15) is 5.56 Å². The Kier molecular flexibility index (Phi) is 2.91. The van der Waals surface area contributed by atoms with E-state index in [1.165, 1.54) is 0 Å². The van der Waals surface area contributed by atoms with Crippen LogP contribution in [0, 0.1) is 0 Å². The number of ketones is 1. The molecule has 23 heavy (non-hydrogen) atoms. The minimum atomic E-state index is -0.143. The van der Waals surface area contributed by atoms with E-state index in [1.807, 2.05) is 54.6 Å². The molecule has 0 saturated heterocycles. The van der Waals surface area contributed by atoms with Crippen LogP contribution in [0.3, 0.4) is 0 Å². The van der Waals surface area contributed by atoms with Crippen molar-refractivity contribution in [1.82, 2.24) is 0 Å². The molecule has 1 aliphatic rings. The average molecular weight is 298 g/mol. The van der Waals surface area contributed by atoms with Crippen molar-refractivity contribution >= 4 is 28.2 Å². The van der Waals surface area contributed by atoms with Crippen molar-refractivity contribution in [3.05, 3.63) is 88.8 Å². The maximum atomic E-state index is 12.8. The van der Waals surface area contributed by atoms with E-state index in [0.29, 0.717) is 16.7 Å². The Morgan fingerprint density at radius 3 is 2.48 bits per heavy atom. The Balaban J connectivity index is 2.25. The molecular formula is C21H14O2. The number of allylic oxidation sites excluding steroid dienone is 1. The molecule has 3 aromatic carbocycles. The largest absolute Gasteiger partial charge is 0.507 e. The second-order valence-electron chi connectivity index (χ2n) is 5.64. The summed E-state index contributed by atoms with van der Waals surface area (Å²) in [5.74, 6) is -0.0353. The summed E-state index contributed by atoms with van der Waals surface area (Å²) in [6, 6.07) is 18.9. The zero-order valence-corrected chi connectivity index (χ0v) is 12.4. The topological polar surface area (TPSA) is 37.3 Å². The Labute approximate surface area is 133 Å². The molecule has 4 rings (SSSR count). The van der Waals surface area contributed by atoms with Crippen molar-refractivity contribution in [2.45, 2.75) is 0 Å². The molecule has 2 heteroatoms. The molecule has 0 aromatic heterocycles. The summed E-state index contributed by atoms with van der Waals surface area (Å²) in [6.45, 7) is 3.87. The van der Waals surface area contributed by atoms with Crippen molar-refractivity contribution in [3.8, 4) is 5.75 Å². The minimum Gasteiger partial charge on any atom is -0.507 e. The van der Waals surface area contributed by atoms with E-state index >= 15 is 0 Å². The Morgan fingerprint density at radius 2 is 1.61 bits per heavy atom. The highest BCUT2D eigenvalue weighted by atomic mass is 16.3. The van der Waals surface area contributed by atoms with Gasteiger partial charge < -0.3 is 5.11 Å². The molecule has 110 valence electrons. The molecule has 0 unspecified atom stereocenters. The SMILES string of the molecule is C=C1C=c2ccccc2=C(c2c(O)ccc3ccccc23)C1=O. The van der Waals surface area contributed by atoms with Crippen LogP contribution in [0.15, 0.2) is 72.8 Å². The van der Waals surface area contributed by atoms with Crippen LogP contribution in [0.2, 0.25) is 0 Å². The summed E-state index contributed by atoms with van der Waals surface area (Å²) in [5.41, 5.74) is 1.53. The normalized spacial score (nSPS) is 13.8. The third kappa shape index (κ3) is 2.00. The van der Waals surface area contributed by atoms with Crippen LogP contribution in [0.4, 0.5) is 0 Å². The summed E-state index contributed by atoms with van der Waals surface area (Å²) in [7, 11) is 0. The number of hydrogen-bond acceptors (Lipinski definition) is 2. The minimum absolute atomic E-state index is 0.108. The summed E-state index contributed by atoms with van der Waals surface area (Å²) in [6.07, 6.45) is 1.79. The van der Waals surface area contributed by atoms with E-state index < -0.39 is 0 Å². The van der Waals surface area contributed by atoms with Crippen molar-refractivity contribution in [3.63, 3.8) is 0 Å². The van der Waals surface area contributed by atoms with Gasteiger partial charge in [0.15, 0.2) is 5.78 Å². The van der Waals surface area contributed by atoms with Gasteiger partial charge >= 0.3 is 0 Å². The molecule has 1 aliphatic carbocycles. The second-order valence-corrected chi connectivity index (χ2v) is 5.64. The monoisotopic (exact) mass is 298 g/mol. The lowest BCUT2D eigenvalue weighted by Gasteiger charge is -2.16. The molecule has 2 nitrogen and oxygen atoms in total. The van der Waals surface area contributed by atoms with Crippen molar-refractivity contribution < 1.29 is 9.90 Å². The molecule has 0 heterocycles. The summed E-state index contributed by atoms with van der Waals surface area (Å²) < 4.78 is 0. The number of phenols is 1. The lowest BCUT2D eigenvalue weighted by Crippen LogP contribution is -2.34. The van der Waals surface area contributed by atoms with Crippen LogP contribution < -0.4 is 10.4 Å².